The number of hydrogen-bond donors (Lipinski definition) is 3. The zero-order valence-corrected chi connectivity index (χ0v) is 22.1. The molecule has 1 amide bonds. The lowest BCUT2D eigenvalue weighted by atomic mass is 10.1. The van der Waals surface area contributed by atoms with Crippen molar-refractivity contribution < 1.29 is 17.9 Å². The Bertz CT molecular complexity index is 1710. The largest absolute Gasteiger partial charge is 0.496 e. The molecule has 0 saturated carbocycles. The molecule has 37 heavy (non-hydrogen) atoms. The first-order valence-electron chi connectivity index (χ1n) is 10.5. The van der Waals surface area contributed by atoms with Gasteiger partial charge in [0.25, 0.3) is 11.5 Å². The van der Waals surface area contributed by atoms with Gasteiger partial charge in [-0.25, -0.2) is 23.2 Å². The van der Waals surface area contributed by atoms with Crippen molar-refractivity contribution in [2.45, 2.75) is 11.3 Å². The van der Waals surface area contributed by atoms with E-state index < -0.39 is 21.5 Å². The molecule has 0 atom stereocenters. The fraction of sp³-hybridized carbons (Fsp3) is 0.182. The van der Waals surface area contributed by atoms with E-state index in [1.807, 2.05) is 0 Å². The molecule has 2 aromatic carbocycles. The number of nitrogens with zero attached hydrogens (tertiary/aromatic N) is 4. The molecule has 15 heteroatoms. The summed E-state index contributed by atoms with van der Waals surface area (Å²) in [5.41, 5.74) is 6.01. The molecular weight excluding hydrogens is 545 g/mol. The lowest BCUT2D eigenvalue weighted by molar-refractivity contribution is 0.0997. The van der Waals surface area contributed by atoms with E-state index in [2.05, 4.69) is 15.1 Å². The molecule has 0 aliphatic carbocycles. The van der Waals surface area contributed by atoms with Gasteiger partial charge in [0.1, 0.15) is 22.6 Å². The molecule has 2 aromatic heterocycles. The Morgan fingerprint density at radius 3 is 2.38 bits per heavy atom. The number of hydrogen-bond acceptors (Lipinski definition) is 8. The minimum atomic E-state index is -4.08. The van der Waals surface area contributed by atoms with Crippen LogP contribution in [0.5, 0.6) is 5.75 Å². The highest BCUT2D eigenvalue weighted by atomic mass is 35.5. The Morgan fingerprint density at radius 1 is 1.19 bits per heavy atom. The number of carbonyl (C=O) groups excluding carboxylic acids is 1. The first-order valence-corrected chi connectivity index (χ1v) is 12.8. The van der Waals surface area contributed by atoms with Crippen molar-refractivity contribution in [2.75, 3.05) is 26.1 Å². The van der Waals surface area contributed by atoms with Crippen molar-refractivity contribution in [1.29, 1.82) is 0 Å². The van der Waals surface area contributed by atoms with Crippen LogP contribution in [0.1, 0.15) is 21.7 Å². The quantitative estimate of drug-likeness (QED) is 0.303. The fourth-order valence-electron chi connectivity index (χ4n) is 3.77. The molecule has 0 radical (unpaired) electrons. The minimum absolute atomic E-state index is 0.0730. The number of H-pyrrole nitrogens is 1. The second kappa shape index (κ2) is 9.67. The number of nitrogens with two attached hydrogens (primary N) is 2. The molecule has 0 bridgehead atoms. The van der Waals surface area contributed by atoms with Crippen LogP contribution in [-0.2, 0) is 16.4 Å². The molecule has 12 nitrogen and oxygen atoms in total. The standard InChI is InChI=1S/C22H21Cl2N7O5S/c1-30(2)21-17-20(31(29-21)18-13(23)8-11(9-14(18)24)37(26,34)35)27-16(28-22(17)33)7-10-4-5-15(36-3)12(6-10)19(25)32/h4-6,8-9H,7H2,1-3H3,(H2,25,32)(H2,26,34,35)(H,27,28,33). The minimum Gasteiger partial charge on any atom is -0.496 e. The number of methoxy groups -OCH3 is 1. The fourth-order valence-corrected chi connectivity index (χ4v) is 5.11. The van der Waals surface area contributed by atoms with Gasteiger partial charge < -0.3 is 20.4 Å². The Labute approximate surface area is 220 Å². The van der Waals surface area contributed by atoms with Crippen LogP contribution in [0.2, 0.25) is 10.0 Å². The maximum absolute atomic E-state index is 13.2. The van der Waals surface area contributed by atoms with Crippen LogP contribution in [-0.4, -0.2) is 55.3 Å². The summed E-state index contributed by atoms with van der Waals surface area (Å²) in [5, 5.41) is 9.69. The highest BCUT2D eigenvalue weighted by Crippen LogP contribution is 2.34. The van der Waals surface area contributed by atoms with Gasteiger partial charge in [-0.15, -0.1) is 5.10 Å². The number of nitrogens with one attached hydrogen (secondary N) is 1. The predicted octanol–water partition coefficient (Wildman–Crippen LogP) is 1.83. The zero-order chi connectivity index (χ0) is 27.2. The van der Waals surface area contributed by atoms with Crippen LogP contribution in [0.25, 0.3) is 16.7 Å². The number of rotatable bonds is 7. The molecule has 0 unspecified atom stereocenters. The molecule has 0 saturated heterocycles. The second-order valence-corrected chi connectivity index (χ2v) is 10.6. The van der Waals surface area contributed by atoms with Gasteiger partial charge in [0.05, 0.1) is 27.6 Å². The molecule has 194 valence electrons. The second-order valence-electron chi connectivity index (χ2n) is 8.20. The van der Waals surface area contributed by atoms with Crippen LogP contribution < -0.4 is 26.1 Å². The van der Waals surface area contributed by atoms with Gasteiger partial charge in [0.2, 0.25) is 10.0 Å². The number of halogens is 2. The average Bonchev–Trinajstić information content (AvgIpc) is 3.18. The number of fused-ring (bicyclic) bond motifs is 1. The highest BCUT2D eigenvalue weighted by Gasteiger charge is 2.24. The van der Waals surface area contributed by atoms with Crippen LogP contribution in [0.3, 0.4) is 0 Å². The first-order chi connectivity index (χ1) is 17.3. The van der Waals surface area contributed by atoms with Crippen LogP contribution in [0.4, 0.5) is 5.82 Å². The van der Waals surface area contributed by atoms with Crippen molar-refractivity contribution in [3.63, 3.8) is 0 Å². The van der Waals surface area contributed by atoms with E-state index in [0.29, 0.717) is 11.3 Å². The number of amides is 1. The normalized spacial score (nSPS) is 11.6. The number of carbonyl (C=O) groups is 1. The average molecular weight is 566 g/mol. The maximum atomic E-state index is 13.2. The van der Waals surface area contributed by atoms with Gasteiger partial charge in [0, 0.05) is 20.5 Å². The number of aromatic amines is 1. The summed E-state index contributed by atoms with van der Waals surface area (Å²) >= 11 is 12.8. The summed E-state index contributed by atoms with van der Waals surface area (Å²) in [5.74, 6) is 0.168. The van der Waals surface area contributed by atoms with Crippen molar-refractivity contribution in [3.05, 3.63) is 67.7 Å². The van der Waals surface area contributed by atoms with Crippen LogP contribution >= 0.6 is 23.2 Å². The first kappa shape index (κ1) is 26.4. The number of sulfonamides is 1. The smallest absolute Gasteiger partial charge is 0.264 e. The van der Waals surface area contributed by atoms with E-state index >= 15 is 0 Å². The molecule has 4 rings (SSSR count). The lowest BCUT2D eigenvalue weighted by Gasteiger charge is -2.11. The molecule has 2 heterocycles. The third-order valence-electron chi connectivity index (χ3n) is 5.42. The summed E-state index contributed by atoms with van der Waals surface area (Å²) in [6.45, 7) is 0. The van der Waals surface area contributed by atoms with Crippen molar-refractivity contribution in [1.82, 2.24) is 19.7 Å². The number of aromatic nitrogens is 4. The van der Waals surface area contributed by atoms with Crippen molar-refractivity contribution in [2.24, 2.45) is 10.9 Å². The van der Waals surface area contributed by atoms with Gasteiger partial charge in [-0.3, -0.25) is 9.59 Å². The third kappa shape index (κ3) is 4.98. The Morgan fingerprint density at radius 2 is 1.84 bits per heavy atom. The molecular formula is C22H21Cl2N7O5S. The topological polar surface area (TPSA) is 179 Å². The van der Waals surface area contributed by atoms with E-state index in [9.17, 15) is 18.0 Å². The SMILES string of the molecule is COc1ccc(Cc2nc3c(c(N(C)C)nn3-c3c(Cl)cc(S(N)(=O)=O)cc3Cl)c(=O)[nH]2)cc1C(N)=O. The van der Waals surface area contributed by atoms with E-state index in [1.165, 1.54) is 11.8 Å². The van der Waals surface area contributed by atoms with Gasteiger partial charge in [-0.1, -0.05) is 29.3 Å². The molecule has 0 aliphatic heterocycles. The maximum Gasteiger partial charge on any atom is 0.264 e. The van der Waals surface area contributed by atoms with E-state index in [1.54, 1.807) is 37.2 Å². The highest BCUT2D eigenvalue weighted by molar-refractivity contribution is 7.89. The zero-order valence-electron chi connectivity index (χ0n) is 19.7. The number of ether oxygens (including phenoxy) is 1. The summed E-state index contributed by atoms with van der Waals surface area (Å²) < 4.78 is 30.0. The Balaban J connectivity index is 1.93. The molecule has 0 aliphatic rings. The summed E-state index contributed by atoms with van der Waals surface area (Å²) in [6.07, 6.45) is 0.129. The van der Waals surface area contributed by atoms with Crippen molar-refractivity contribution in [3.8, 4) is 11.4 Å². The summed E-state index contributed by atoms with van der Waals surface area (Å²) in [6, 6.07) is 7.12. The van der Waals surface area contributed by atoms with E-state index in [-0.39, 0.29) is 55.3 Å². The van der Waals surface area contributed by atoms with E-state index in [4.69, 9.17) is 38.8 Å². The van der Waals surface area contributed by atoms with Crippen LogP contribution in [0, 0.1) is 0 Å². The Hall–Kier alpha value is -3.65. The van der Waals surface area contributed by atoms with Gasteiger partial charge in [-0.05, 0) is 29.8 Å². The monoisotopic (exact) mass is 565 g/mol. The predicted molar refractivity (Wildman–Crippen MR) is 140 cm³/mol. The van der Waals surface area contributed by atoms with Gasteiger partial charge in [-0.2, -0.15) is 0 Å². The molecule has 0 spiro atoms. The van der Waals surface area contributed by atoms with Gasteiger partial charge >= 0.3 is 0 Å². The lowest BCUT2D eigenvalue weighted by Crippen LogP contribution is -2.16. The van der Waals surface area contributed by atoms with E-state index in [0.717, 1.165) is 12.1 Å². The number of primary sulfonamides is 1. The summed E-state index contributed by atoms with van der Waals surface area (Å²) in [7, 11) is 0.721. The molecule has 4 aromatic rings. The molecule has 0 fully saturated rings. The van der Waals surface area contributed by atoms with Crippen LogP contribution in [0.15, 0.2) is 40.0 Å². The number of primary amides is 1. The number of anilines is 1. The van der Waals surface area contributed by atoms with Gasteiger partial charge in [0.15, 0.2) is 11.5 Å². The summed E-state index contributed by atoms with van der Waals surface area (Å²) in [4.78, 5) is 33.6. The third-order valence-corrected chi connectivity index (χ3v) is 6.89. The molecule has 5 N–H and O–H groups in total. The Kier molecular flexibility index (Phi) is 6.90. The number of benzene rings is 2. The van der Waals surface area contributed by atoms with Crippen molar-refractivity contribution >= 4 is 56.0 Å².